The van der Waals surface area contributed by atoms with Gasteiger partial charge in [-0.25, -0.2) is 5.84 Å². The standard InChI is InChI=1S/C11H12N4O2S/c12-8-5-14-3-1-10(8)18-6-9-7(2-4-17-9)11(16)15-13/h1-5H,6,12-13H2,(H,15,16). The molecule has 0 aromatic carbocycles. The Balaban J connectivity index is 2.09. The van der Waals surface area contributed by atoms with Gasteiger partial charge in [0.1, 0.15) is 5.76 Å². The number of hydrogen-bond acceptors (Lipinski definition) is 6. The summed E-state index contributed by atoms with van der Waals surface area (Å²) in [7, 11) is 0. The summed E-state index contributed by atoms with van der Waals surface area (Å²) < 4.78 is 5.26. The fourth-order valence-corrected chi connectivity index (χ4v) is 2.29. The zero-order valence-electron chi connectivity index (χ0n) is 9.42. The number of anilines is 1. The van der Waals surface area contributed by atoms with Gasteiger partial charge in [-0.3, -0.25) is 15.2 Å². The Morgan fingerprint density at radius 1 is 1.50 bits per heavy atom. The highest BCUT2D eigenvalue weighted by atomic mass is 32.2. The van der Waals surface area contributed by atoms with Crippen molar-refractivity contribution in [2.45, 2.75) is 10.6 Å². The van der Waals surface area contributed by atoms with E-state index in [9.17, 15) is 4.79 Å². The van der Waals surface area contributed by atoms with Crippen LogP contribution in [-0.2, 0) is 5.75 Å². The quantitative estimate of drug-likeness (QED) is 0.331. The molecule has 0 radical (unpaired) electrons. The summed E-state index contributed by atoms with van der Waals surface area (Å²) in [6.45, 7) is 0. The first kappa shape index (κ1) is 12.5. The number of nitrogen functional groups attached to an aromatic ring is 2. The number of thioether (sulfide) groups is 1. The second-order valence-corrected chi connectivity index (χ2v) is 4.45. The first-order chi connectivity index (χ1) is 8.72. The summed E-state index contributed by atoms with van der Waals surface area (Å²) in [4.78, 5) is 16.2. The van der Waals surface area contributed by atoms with Gasteiger partial charge in [-0.1, -0.05) is 0 Å². The normalized spacial score (nSPS) is 10.3. The molecule has 0 spiro atoms. The van der Waals surface area contributed by atoms with Gasteiger partial charge in [-0.15, -0.1) is 11.8 Å². The molecule has 18 heavy (non-hydrogen) atoms. The second kappa shape index (κ2) is 5.56. The van der Waals surface area contributed by atoms with Crippen molar-refractivity contribution in [3.63, 3.8) is 0 Å². The first-order valence-electron chi connectivity index (χ1n) is 5.12. The Morgan fingerprint density at radius 3 is 3.06 bits per heavy atom. The number of aromatic nitrogens is 1. The molecule has 2 rings (SSSR count). The minimum atomic E-state index is -0.373. The molecule has 1 amide bonds. The summed E-state index contributed by atoms with van der Waals surface area (Å²) in [5.74, 6) is 5.76. The number of carbonyl (C=O) groups excluding carboxylic acids is 1. The summed E-state index contributed by atoms with van der Waals surface area (Å²) in [5, 5.41) is 0. The lowest BCUT2D eigenvalue weighted by Crippen LogP contribution is -2.30. The monoisotopic (exact) mass is 264 g/mol. The van der Waals surface area contributed by atoms with Crippen molar-refractivity contribution < 1.29 is 9.21 Å². The Labute approximate surface area is 108 Å². The molecule has 2 aromatic heterocycles. The highest BCUT2D eigenvalue weighted by Gasteiger charge is 2.14. The fraction of sp³-hybridized carbons (Fsp3) is 0.0909. The summed E-state index contributed by atoms with van der Waals surface area (Å²) >= 11 is 1.47. The average Bonchev–Trinajstić information content (AvgIpc) is 2.85. The van der Waals surface area contributed by atoms with Crippen molar-refractivity contribution in [3.05, 3.63) is 42.1 Å². The largest absolute Gasteiger partial charge is 0.468 e. The van der Waals surface area contributed by atoms with Gasteiger partial charge in [0.15, 0.2) is 0 Å². The first-order valence-corrected chi connectivity index (χ1v) is 6.10. The van der Waals surface area contributed by atoms with Gasteiger partial charge in [0, 0.05) is 11.1 Å². The van der Waals surface area contributed by atoms with E-state index < -0.39 is 0 Å². The molecular weight excluding hydrogens is 252 g/mol. The molecule has 0 fully saturated rings. The molecule has 6 nitrogen and oxygen atoms in total. The second-order valence-electron chi connectivity index (χ2n) is 3.43. The molecule has 0 aliphatic rings. The maximum Gasteiger partial charge on any atom is 0.268 e. The third-order valence-electron chi connectivity index (χ3n) is 2.29. The molecule has 0 saturated heterocycles. The molecule has 2 heterocycles. The van der Waals surface area contributed by atoms with E-state index in [0.717, 1.165) is 4.90 Å². The predicted octanol–water partition coefficient (Wildman–Crippen LogP) is 1.15. The van der Waals surface area contributed by atoms with Crippen LogP contribution in [0.2, 0.25) is 0 Å². The lowest BCUT2D eigenvalue weighted by atomic mass is 10.2. The van der Waals surface area contributed by atoms with E-state index in [4.69, 9.17) is 16.0 Å². The van der Waals surface area contributed by atoms with E-state index in [1.165, 1.54) is 18.0 Å². The van der Waals surface area contributed by atoms with Crippen LogP contribution in [0.15, 0.2) is 40.1 Å². The van der Waals surface area contributed by atoms with Crippen LogP contribution in [-0.4, -0.2) is 10.9 Å². The van der Waals surface area contributed by atoms with Crippen molar-refractivity contribution in [2.75, 3.05) is 5.73 Å². The molecular formula is C11H12N4O2S. The van der Waals surface area contributed by atoms with Crippen LogP contribution in [0.25, 0.3) is 0 Å². The lowest BCUT2D eigenvalue weighted by Gasteiger charge is -2.04. The topological polar surface area (TPSA) is 107 Å². The summed E-state index contributed by atoms with van der Waals surface area (Å²) in [5.41, 5.74) is 8.87. The maximum atomic E-state index is 11.4. The molecule has 0 unspecified atom stereocenters. The van der Waals surface area contributed by atoms with Gasteiger partial charge in [0.05, 0.1) is 29.5 Å². The molecule has 0 bridgehead atoms. The number of amides is 1. The molecule has 0 atom stereocenters. The number of pyridine rings is 1. The van der Waals surface area contributed by atoms with E-state index in [2.05, 4.69) is 10.4 Å². The van der Waals surface area contributed by atoms with Crippen LogP contribution in [0.3, 0.4) is 0 Å². The van der Waals surface area contributed by atoms with Gasteiger partial charge in [-0.05, 0) is 12.1 Å². The van der Waals surface area contributed by atoms with Gasteiger partial charge < -0.3 is 10.2 Å². The Hall–Kier alpha value is -1.99. The van der Waals surface area contributed by atoms with Crippen molar-refractivity contribution >= 4 is 23.4 Å². The van der Waals surface area contributed by atoms with E-state index >= 15 is 0 Å². The van der Waals surface area contributed by atoms with Crippen LogP contribution in [0.1, 0.15) is 16.1 Å². The molecule has 94 valence electrons. The number of nitrogens with zero attached hydrogens (tertiary/aromatic N) is 1. The maximum absolute atomic E-state index is 11.4. The zero-order valence-corrected chi connectivity index (χ0v) is 10.2. The number of hydrogen-bond donors (Lipinski definition) is 3. The smallest absolute Gasteiger partial charge is 0.268 e. The number of nitrogens with two attached hydrogens (primary N) is 2. The van der Waals surface area contributed by atoms with Gasteiger partial charge in [0.2, 0.25) is 0 Å². The number of hydrazine groups is 1. The average molecular weight is 264 g/mol. The minimum Gasteiger partial charge on any atom is -0.468 e. The molecule has 0 aliphatic heterocycles. The molecule has 5 N–H and O–H groups in total. The van der Waals surface area contributed by atoms with Gasteiger partial charge >= 0.3 is 0 Å². The van der Waals surface area contributed by atoms with Gasteiger partial charge in [0.25, 0.3) is 5.91 Å². The van der Waals surface area contributed by atoms with Crippen molar-refractivity contribution in [3.8, 4) is 0 Å². The Morgan fingerprint density at radius 2 is 2.33 bits per heavy atom. The number of nitrogens with one attached hydrogen (secondary N) is 1. The number of furan rings is 1. The van der Waals surface area contributed by atoms with Crippen molar-refractivity contribution in [1.82, 2.24) is 10.4 Å². The summed E-state index contributed by atoms with van der Waals surface area (Å²) in [6, 6.07) is 3.39. The molecule has 2 aromatic rings. The fourth-order valence-electron chi connectivity index (χ4n) is 1.40. The number of rotatable bonds is 4. The minimum absolute atomic E-state index is 0.373. The van der Waals surface area contributed by atoms with E-state index in [0.29, 0.717) is 22.8 Å². The highest BCUT2D eigenvalue weighted by molar-refractivity contribution is 7.98. The third kappa shape index (κ3) is 2.63. The summed E-state index contributed by atoms with van der Waals surface area (Å²) in [6.07, 6.45) is 4.70. The predicted molar refractivity (Wildman–Crippen MR) is 68.6 cm³/mol. The van der Waals surface area contributed by atoms with Crippen LogP contribution in [0.5, 0.6) is 0 Å². The number of carbonyl (C=O) groups is 1. The Kier molecular flexibility index (Phi) is 3.85. The van der Waals surface area contributed by atoms with Crippen LogP contribution < -0.4 is 17.0 Å². The van der Waals surface area contributed by atoms with Gasteiger partial charge in [-0.2, -0.15) is 0 Å². The van der Waals surface area contributed by atoms with Crippen molar-refractivity contribution in [1.29, 1.82) is 0 Å². The molecule has 0 saturated carbocycles. The van der Waals surface area contributed by atoms with E-state index in [1.807, 2.05) is 6.07 Å². The van der Waals surface area contributed by atoms with Crippen molar-refractivity contribution in [2.24, 2.45) is 5.84 Å². The third-order valence-corrected chi connectivity index (χ3v) is 3.38. The van der Waals surface area contributed by atoms with Crippen LogP contribution >= 0.6 is 11.8 Å². The zero-order chi connectivity index (χ0) is 13.0. The SMILES string of the molecule is NNC(=O)c1ccoc1CSc1ccncc1N. The van der Waals surface area contributed by atoms with E-state index in [1.54, 1.807) is 18.5 Å². The lowest BCUT2D eigenvalue weighted by molar-refractivity contribution is 0.0952. The highest BCUT2D eigenvalue weighted by Crippen LogP contribution is 2.28. The van der Waals surface area contributed by atoms with E-state index in [-0.39, 0.29) is 5.91 Å². The van der Waals surface area contributed by atoms with Crippen LogP contribution in [0.4, 0.5) is 5.69 Å². The van der Waals surface area contributed by atoms with Crippen LogP contribution in [0, 0.1) is 0 Å². The Bertz CT molecular complexity index is 555. The molecule has 0 aliphatic carbocycles. The molecule has 7 heteroatoms.